The van der Waals surface area contributed by atoms with Crippen molar-refractivity contribution in [2.24, 2.45) is 0 Å². The van der Waals surface area contributed by atoms with Crippen LogP contribution in [0.2, 0.25) is 0 Å². The molecule has 0 spiro atoms. The number of nitrogens with zero attached hydrogens (tertiary/aromatic N) is 1. The average Bonchev–Trinajstić information content (AvgIpc) is 2.59. The first-order valence-electron chi connectivity index (χ1n) is 6.99. The third kappa shape index (κ3) is 4.16. The van der Waals surface area contributed by atoms with E-state index in [1.165, 1.54) is 25.3 Å². The van der Waals surface area contributed by atoms with Crippen molar-refractivity contribution in [1.82, 2.24) is 0 Å². The number of hydrogen-bond donors (Lipinski definition) is 0. The number of hydrogen-bond acceptors (Lipinski definition) is 4. The Morgan fingerprint density at radius 3 is 2.70 bits per heavy atom. The van der Waals surface area contributed by atoms with Crippen LogP contribution in [0, 0.1) is 11.3 Å². The topological polar surface area (TPSA) is 59.3 Å². The number of methoxy groups -OCH3 is 1. The zero-order chi connectivity index (χ0) is 16.8. The third-order valence-corrected chi connectivity index (χ3v) is 3.32. The van der Waals surface area contributed by atoms with Crippen molar-refractivity contribution in [2.75, 3.05) is 7.11 Å². The van der Waals surface area contributed by atoms with Crippen LogP contribution in [0.1, 0.15) is 34.3 Å². The first-order valence-corrected chi connectivity index (χ1v) is 6.99. The summed E-state index contributed by atoms with van der Waals surface area (Å²) in [5.41, 5.74) is 0.895. The summed E-state index contributed by atoms with van der Waals surface area (Å²) in [4.78, 5) is 11.6. The highest BCUT2D eigenvalue weighted by Gasteiger charge is 2.19. The lowest BCUT2D eigenvalue weighted by Crippen LogP contribution is -2.08. The monoisotopic (exact) mass is 319 g/mol. The van der Waals surface area contributed by atoms with Crippen LogP contribution in [0.15, 0.2) is 41.7 Å². The predicted molar refractivity (Wildman–Crippen MR) is 78.7 cm³/mol. The quantitative estimate of drug-likeness (QED) is 0.776. The number of alkyl halides is 2. The van der Waals surface area contributed by atoms with Crippen molar-refractivity contribution >= 4 is 5.97 Å². The number of rotatable bonds is 5. The summed E-state index contributed by atoms with van der Waals surface area (Å²) < 4.78 is 36.0. The Morgan fingerprint density at radius 2 is 2.04 bits per heavy atom. The van der Waals surface area contributed by atoms with Crippen LogP contribution in [0.5, 0.6) is 0 Å². The van der Waals surface area contributed by atoms with Gasteiger partial charge in [0, 0.05) is 0 Å². The molecule has 1 aliphatic rings. The smallest absolute Gasteiger partial charge is 0.337 e. The van der Waals surface area contributed by atoms with E-state index in [4.69, 9.17) is 10.00 Å². The van der Waals surface area contributed by atoms with Gasteiger partial charge in [-0.25, -0.2) is 13.6 Å². The number of allylic oxidation sites excluding steroid dienone is 3. The van der Waals surface area contributed by atoms with Gasteiger partial charge in [-0.2, -0.15) is 5.26 Å². The molecular formula is C17H15F2NO3. The molecule has 0 atom stereocenters. The lowest BCUT2D eigenvalue weighted by Gasteiger charge is -2.17. The zero-order valence-corrected chi connectivity index (χ0v) is 12.5. The molecule has 0 N–H and O–H groups in total. The fourth-order valence-electron chi connectivity index (χ4n) is 2.25. The van der Waals surface area contributed by atoms with E-state index in [0.717, 1.165) is 0 Å². The SMILES string of the molecule is COC(=O)c1cc(C#N)cc(COC2=CCCC=C2C(F)F)c1. The fourth-order valence-corrected chi connectivity index (χ4v) is 2.25. The minimum atomic E-state index is -2.60. The number of carbonyl (C=O) groups excluding carboxylic acids is 1. The molecule has 1 aromatic rings. The minimum Gasteiger partial charge on any atom is -0.489 e. The molecule has 0 amide bonds. The summed E-state index contributed by atoms with van der Waals surface area (Å²) in [5, 5.41) is 9.01. The Bertz CT molecular complexity index is 702. The third-order valence-electron chi connectivity index (χ3n) is 3.32. The van der Waals surface area contributed by atoms with Crippen LogP contribution >= 0.6 is 0 Å². The van der Waals surface area contributed by atoms with Gasteiger partial charge in [0.1, 0.15) is 12.4 Å². The van der Waals surface area contributed by atoms with Gasteiger partial charge in [0.25, 0.3) is 6.43 Å². The Kier molecular flexibility index (Phi) is 5.47. The summed E-state index contributed by atoms with van der Waals surface area (Å²) >= 11 is 0. The van der Waals surface area contributed by atoms with E-state index in [1.54, 1.807) is 12.1 Å². The second-order valence-corrected chi connectivity index (χ2v) is 4.92. The molecule has 0 saturated carbocycles. The molecule has 1 aromatic carbocycles. The highest BCUT2D eigenvalue weighted by molar-refractivity contribution is 5.90. The van der Waals surface area contributed by atoms with Crippen molar-refractivity contribution < 1.29 is 23.0 Å². The molecule has 0 aliphatic heterocycles. The number of benzene rings is 1. The Morgan fingerprint density at radius 1 is 1.30 bits per heavy atom. The van der Waals surface area contributed by atoms with Crippen LogP contribution in [0.25, 0.3) is 0 Å². The summed E-state index contributed by atoms with van der Waals surface area (Å²) in [5.74, 6) is -0.429. The van der Waals surface area contributed by atoms with Crippen molar-refractivity contribution in [3.8, 4) is 6.07 Å². The number of carbonyl (C=O) groups is 1. The molecule has 0 unspecified atom stereocenters. The second kappa shape index (κ2) is 7.54. The molecule has 0 radical (unpaired) electrons. The first kappa shape index (κ1) is 16.7. The van der Waals surface area contributed by atoms with E-state index in [9.17, 15) is 13.6 Å². The zero-order valence-electron chi connectivity index (χ0n) is 12.5. The van der Waals surface area contributed by atoms with Crippen molar-refractivity contribution in [2.45, 2.75) is 25.9 Å². The van der Waals surface area contributed by atoms with Crippen LogP contribution in [-0.4, -0.2) is 19.5 Å². The summed E-state index contributed by atoms with van der Waals surface area (Å²) in [6, 6.07) is 6.40. The maximum atomic E-state index is 12.9. The lowest BCUT2D eigenvalue weighted by atomic mass is 10.0. The molecule has 2 rings (SSSR count). The van der Waals surface area contributed by atoms with Gasteiger partial charge in [0.05, 0.1) is 29.9 Å². The largest absolute Gasteiger partial charge is 0.489 e. The van der Waals surface area contributed by atoms with E-state index in [2.05, 4.69) is 4.74 Å². The summed E-state index contributed by atoms with van der Waals surface area (Å²) in [7, 11) is 1.24. The molecular weight excluding hydrogens is 304 g/mol. The van der Waals surface area contributed by atoms with Crippen LogP contribution < -0.4 is 0 Å². The molecule has 1 aliphatic carbocycles. The van der Waals surface area contributed by atoms with Gasteiger partial charge in [-0.15, -0.1) is 0 Å². The first-order chi connectivity index (χ1) is 11.0. The Balaban J connectivity index is 2.17. The van der Waals surface area contributed by atoms with Gasteiger partial charge >= 0.3 is 5.97 Å². The van der Waals surface area contributed by atoms with E-state index in [0.29, 0.717) is 18.4 Å². The molecule has 4 nitrogen and oxygen atoms in total. The number of ether oxygens (including phenoxy) is 2. The predicted octanol–water partition coefficient (Wildman–Crippen LogP) is 3.73. The highest BCUT2D eigenvalue weighted by atomic mass is 19.3. The number of halogens is 2. The fraction of sp³-hybridized carbons (Fsp3) is 0.294. The standard InChI is InChI=1S/C17H15F2NO3/c1-22-17(21)13-7-11(9-20)6-12(8-13)10-23-15-5-3-2-4-14(15)16(18)19/h4-8,16H,2-3,10H2,1H3. The molecule has 0 saturated heterocycles. The van der Waals surface area contributed by atoms with Crippen LogP contribution in [0.3, 0.4) is 0 Å². The van der Waals surface area contributed by atoms with E-state index in [1.807, 2.05) is 6.07 Å². The Labute approximate surface area is 132 Å². The van der Waals surface area contributed by atoms with E-state index in [-0.39, 0.29) is 29.1 Å². The van der Waals surface area contributed by atoms with E-state index >= 15 is 0 Å². The van der Waals surface area contributed by atoms with Crippen molar-refractivity contribution in [3.05, 3.63) is 58.4 Å². The molecule has 0 heterocycles. The molecule has 6 heteroatoms. The van der Waals surface area contributed by atoms with Crippen LogP contribution in [-0.2, 0) is 16.1 Å². The normalized spacial score (nSPS) is 13.9. The van der Waals surface area contributed by atoms with E-state index < -0.39 is 12.4 Å². The van der Waals surface area contributed by atoms with Gasteiger partial charge < -0.3 is 9.47 Å². The molecule has 0 bridgehead atoms. The minimum absolute atomic E-state index is 0.0184. The number of nitriles is 1. The van der Waals surface area contributed by atoms with Gasteiger partial charge in [-0.1, -0.05) is 6.08 Å². The lowest BCUT2D eigenvalue weighted by molar-refractivity contribution is 0.0600. The molecule has 0 fully saturated rings. The van der Waals surface area contributed by atoms with Crippen LogP contribution in [0.4, 0.5) is 8.78 Å². The van der Waals surface area contributed by atoms with Gasteiger partial charge in [-0.05, 0) is 42.7 Å². The molecule has 120 valence electrons. The van der Waals surface area contributed by atoms with Gasteiger partial charge in [0.2, 0.25) is 0 Å². The maximum absolute atomic E-state index is 12.9. The van der Waals surface area contributed by atoms with Gasteiger partial charge in [-0.3, -0.25) is 0 Å². The van der Waals surface area contributed by atoms with Gasteiger partial charge in [0.15, 0.2) is 0 Å². The molecule has 0 aromatic heterocycles. The average molecular weight is 319 g/mol. The summed E-state index contributed by atoms with van der Waals surface area (Å²) in [6.07, 6.45) is 1.68. The van der Waals surface area contributed by atoms with Crippen molar-refractivity contribution in [1.29, 1.82) is 5.26 Å². The highest BCUT2D eigenvalue weighted by Crippen LogP contribution is 2.26. The number of esters is 1. The summed E-state index contributed by atoms with van der Waals surface area (Å²) in [6.45, 7) is -0.0184. The Hall–Kier alpha value is -2.68. The second-order valence-electron chi connectivity index (χ2n) is 4.92. The molecule has 23 heavy (non-hydrogen) atoms. The maximum Gasteiger partial charge on any atom is 0.337 e. The van der Waals surface area contributed by atoms with Crippen molar-refractivity contribution in [3.63, 3.8) is 0 Å².